The molecular weight excluding hydrogens is 282 g/mol. The first kappa shape index (κ1) is 16.1. The number of hydrogen-bond donors (Lipinski definition) is 2. The van der Waals surface area contributed by atoms with Crippen LogP contribution in [0.5, 0.6) is 5.75 Å². The van der Waals surface area contributed by atoms with E-state index in [2.05, 4.69) is 5.32 Å². The van der Waals surface area contributed by atoms with Crippen molar-refractivity contribution >= 4 is 11.6 Å². The molecule has 2 aromatic rings. The molecule has 0 aliphatic carbocycles. The first-order valence-electron chi connectivity index (χ1n) is 7.21. The number of hydrogen-bond acceptors (Lipinski definition) is 4. The van der Waals surface area contributed by atoms with Crippen molar-refractivity contribution in [1.29, 1.82) is 0 Å². The molecule has 0 atom stereocenters. The lowest BCUT2D eigenvalue weighted by molar-refractivity contribution is -0.116. The van der Waals surface area contributed by atoms with Crippen LogP contribution in [0.25, 0.3) is 11.3 Å². The zero-order valence-corrected chi connectivity index (χ0v) is 13.1. The third-order valence-electron chi connectivity index (χ3n) is 3.16. The summed E-state index contributed by atoms with van der Waals surface area (Å²) < 4.78 is 10.9. The van der Waals surface area contributed by atoms with Crippen LogP contribution in [0.4, 0.5) is 5.69 Å². The number of nitrogens with one attached hydrogen (secondary N) is 1. The first-order valence-corrected chi connectivity index (χ1v) is 7.21. The van der Waals surface area contributed by atoms with E-state index in [1.165, 1.54) is 0 Å². The number of ether oxygens (including phenoxy) is 1. The molecule has 0 radical (unpaired) electrons. The van der Waals surface area contributed by atoms with E-state index >= 15 is 0 Å². The van der Waals surface area contributed by atoms with E-state index in [0.717, 1.165) is 5.56 Å². The summed E-state index contributed by atoms with van der Waals surface area (Å²) in [6.07, 6.45) is 0.474. The van der Waals surface area contributed by atoms with Crippen LogP contribution in [-0.4, -0.2) is 18.1 Å². The number of anilines is 1. The van der Waals surface area contributed by atoms with Gasteiger partial charge in [0.1, 0.15) is 23.9 Å². The fourth-order valence-electron chi connectivity index (χ4n) is 2.16. The maximum Gasteiger partial charge on any atom is 0.224 e. The van der Waals surface area contributed by atoms with Crippen LogP contribution < -0.4 is 10.1 Å². The van der Waals surface area contributed by atoms with Crippen molar-refractivity contribution in [1.82, 2.24) is 0 Å². The molecular formula is C17H21NO4. The zero-order chi connectivity index (χ0) is 16.1. The lowest BCUT2D eigenvalue weighted by atomic mass is 10.1. The number of benzene rings is 1. The second kappa shape index (κ2) is 7.13. The molecule has 0 saturated carbocycles. The maximum atomic E-state index is 11.8. The summed E-state index contributed by atoms with van der Waals surface area (Å²) in [6, 6.07) is 8.88. The summed E-state index contributed by atoms with van der Waals surface area (Å²) in [6.45, 7) is 3.85. The van der Waals surface area contributed by atoms with Gasteiger partial charge in [0, 0.05) is 18.2 Å². The molecule has 0 aliphatic heterocycles. The van der Waals surface area contributed by atoms with Gasteiger partial charge in [-0.3, -0.25) is 4.79 Å². The van der Waals surface area contributed by atoms with E-state index in [4.69, 9.17) is 14.3 Å². The van der Waals surface area contributed by atoms with E-state index in [9.17, 15) is 4.79 Å². The highest BCUT2D eigenvalue weighted by Gasteiger charge is 2.12. The predicted octanol–water partition coefficient (Wildman–Crippen LogP) is 3.43. The van der Waals surface area contributed by atoms with Crippen molar-refractivity contribution in [3.05, 3.63) is 36.1 Å². The minimum Gasteiger partial charge on any atom is -0.496 e. The third kappa shape index (κ3) is 3.89. The molecule has 22 heavy (non-hydrogen) atoms. The van der Waals surface area contributed by atoms with Crippen LogP contribution in [0.15, 0.2) is 34.7 Å². The molecule has 0 spiro atoms. The van der Waals surface area contributed by atoms with Crippen molar-refractivity contribution in [2.75, 3.05) is 12.4 Å². The summed E-state index contributed by atoms with van der Waals surface area (Å²) in [7, 11) is 1.56. The summed E-state index contributed by atoms with van der Waals surface area (Å²) in [5, 5.41) is 11.9. The monoisotopic (exact) mass is 303 g/mol. The van der Waals surface area contributed by atoms with Gasteiger partial charge in [-0.2, -0.15) is 0 Å². The van der Waals surface area contributed by atoms with Crippen LogP contribution >= 0.6 is 0 Å². The van der Waals surface area contributed by atoms with E-state index in [1.807, 2.05) is 19.9 Å². The fourth-order valence-corrected chi connectivity index (χ4v) is 2.16. The van der Waals surface area contributed by atoms with Gasteiger partial charge < -0.3 is 19.6 Å². The highest BCUT2D eigenvalue weighted by molar-refractivity contribution is 5.91. The molecule has 1 aromatic heterocycles. The molecule has 2 rings (SSSR count). The number of methoxy groups -OCH3 is 1. The van der Waals surface area contributed by atoms with Gasteiger partial charge >= 0.3 is 0 Å². The normalized spacial score (nSPS) is 10.8. The third-order valence-corrected chi connectivity index (χ3v) is 3.16. The van der Waals surface area contributed by atoms with E-state index in [1.54, 1.807) is 31.4 Å². The molecule has 0 fully saturated rings. The molecule has 0 bridgehead atoms. The Morgan fingerprint density at radius 2 is 2.09 bits per heavy atom. The van der Waals surface area contributed by atoms with Crippen LogP contribution in [0, 0.1) is 5.92 Å². The number of aliphatic hydroxyl groups is 1. The average Bonchev–Trinajstić information content (AvgIpc) is 2.94. The van der Waals surface area contributed by atoms with Crippen molar-refractivity contribution in [3.8, 4) is 17.1 Å². The van der Waals surface area contributed by atoms with Gasteiger partial charge in [0.05, 0.1) is 12.7 Å². The molecule has 5 nitrogen and oxygen atoms in total. The highest BCUT2D eigenvalue weighted by Crippen LogP contribution is 2.33. The largest absolute Gasteiger partial charge is 0.496 e. The minimum atomic E-state index is -0.147. The van der Waals surface area contributed by atoms with Gasteiger partial charge in [0.2, 0.25) is 5.91 Å². The molecule has 0 saturated heterocycles. The molecule has 0 aliphatic rings. The summed E-state index contributed by atoms with van der Waals surface area (Å²) >= 11 is 0. The molecule has 2 N–H and O–H groups in total. The van der Waals surface area contributed by atoms with E-state index in [-0.39, 0.29) is 12.5 Å². The van der Waals surface area contributed by atoms with Gasteiger partial charge in [-0.25, -0.2) is 0 Å². The Morgan fingerprint density at radius 3 is 2.68 bits per heavy atom. The summed E-state index contributed by atoms with van der Waals surface area (Å²) in [4.78, 5) is 11.8. The molecule has 118 valence electrons. The molecule has 1 aromatic carbocycles. The number of aliphatic hydroxyl groups excluding tert-OH is 1. The number of rotatable bonds is 6. The molecule has 1 amide bonds. The van der Waals surface area contributed by atoms with Crippen molar-refractivity contribution < 1.29 is 19.1 Å². The average molecular weight is 303 g/mol. The number of carbonyl (C=O) groups is 1. The maximum absolute atomic E-state index is 11.8. The van der Waals surface area contributed by atoms with Gasteiger partial charge in [-0.15, -0.1) is 0 Å². The Labute approximate surface area is 129 Å². The first-order chi connectivity index (χ1) is 10.5. The Morgan fingerprint density at radius 1 is 1.32 bits per heavy atom. The van der Waals surface area contributed by atoms with Crippen molar-refractivity contribution in [2.45, 2.75) is 26.9 Å². The Bertz CT molecular complexity index is 646. The van der Waals surface area contributed by atoms with Crippen LogP contribution in [0.3, 0.4) is 0 Å². The Kier molecular flexibility index (Phi) is 5.22. The quantitative estimate of drug-likeness (QED) is 0.857. The Balaban J connectivity index is 2.22. The molecule has 5 heteroatoms. The number of furan rings is 1. The van der Waals surface area contributed by atoms with Gasteiger partial charge in [0.15, 0.2) is 0 Å². The Hall–Kier alpha value is -2.27. The summed E-state index contributed by atoms with van der Waals surface area (Å²) in [5.74, 6) is 1.99. The van der Waals surface area contributed by atoms with Gasteiger partial charge in [-0.1, -0.05) is 13.8 Å². The second-order valence-electron chi connectivity index (χ2n) is 5.49. The molecule has 0 unspecified atom stereocenters. The highest BCUT2D eigenvalue weighted by atomic mass is 16.5. The van der Waals surface area contributed by atoms with Crippen LogP contribution in [0.2, 0.25) is 0 Å². The van der Waals surface area contributed by atoms with Gasteiger partial charge in [-0.05, 0) is 30.2 Å². The fraction of sp³-hybridized carbons (Fsp3) is 0.353. The lowest BCUT2D eigenvalue weighted by Crippen LogP contribution is -2.13. The molecule has 1 heterocycles. The SMILES string of the molecule is COc1cc(NC(=O)CC(C)C)ccc1-c1ccc(CO)o1. The predicted molar refractivity (Wildman–Crippen MR) is 84.7 cm³/mol. The minimum absolute atomic E-state index is 0.0228. The standard InChI is InChI=1S/C17H21NO4/c1-11(2)8-17(20)18-12-4-6-14(16(9-12)21-3)15-7-5-13(10-19)22-15/h4-7,9,11,19H,8,10H2,1-3H3,(H,18,20). The summed E-state index contributed by atoms with van der Waals surface area (Å²) in [5.41, 5.74) is 1.45. The zero-order valence-electron chi connectivity index (χ0n) is 13.1. The van der Waals surface area contributed by atoms with Crippen LogP contribution in [0.1, 0.15) is 26.0 Å². The van der Waals surface area contributed by atoms with Crippen molar-refractivity contribution in [3.63, 3.8) is 0 Å². The second-order valence-corrected chi connectivity index (χ2v) is 5.49. The van der Waals surface area contributed by atoms with Crippen LogP contribution in [-0.2, 0) is 11.4 Å². The smallest absolute Gasteiger partial charge is 0.224 e. The topological polar surface area (TPSA) is 71.7 Å². The van der Waals surface area contributed by atoms with Gasteiger partial charge in [0.25, 0.3) is 0 Å². The van der Waals surface area contributed by atoms with E-state index < -0.39 is 0 Å². The number of carbonyl (C=O) groups excluding carboxylic acids is 1. The lowest BCUT2D eigenvalue weighted by Gasteiger charge is -2.11. The van der Waals surface area contributed by atoms with Crippen molar-refractivity contribution in [2.24, 2.45) is 5.92 Å². The van der Waals surface area contributed by atoms with E-state index in [0.29, 0.717) is 35.3 Å². The number of amides is 1.